The highest BCUT2D eigenvalue weighted by Gasteiger charge is 2.58. The summed E-state index contributed by atoms with van der Waals surface area (Å²) >= 11 is 0. The number of alkyl carbamates (subject to hydrolysis) is 1. The van der Waals surface area contributed by atoms with Crippen molar-refractivity contribution < 1.29 is 27.6 Å². The number of fused-ring (bicyclic) bond motifs is 3. The Labute approximate surface area is 181 Å². The number of amides is 1. The van der Waals surface area contributed by atoms with Crippen molar-refractivity contribution in [2.75, 3.05) is 6.61 Å². The van der Waals surface area contributed by atoms with E-state index in [0.717, 1.165) is 0 Å². The molecule has 2 atom stereocenters. The number of nitrogens with zero attached hydrogens (tertiary/aromatic N) is 2. The quantitative estimate of drug-likeness (QED) is 0.509. The van der Waals surface area contributed by atoms with Crippen molar-refractivity contribution in [3.63, 3.8) is 0 Å². The minimum absolute atomic E-state index is 0.0835. The number of hydrogen-bond donors (Lipinski definition) is 1. The molecule has 1 aromatic rings. The summed E-state index contributed by atoms with van der Waals surface area (Å²) in [6.07, 6.45) is -0.686. The molecule has 0 radical (unpaired) electrons. The lowest BCUT2D eigenvalue weighted by Gasteiger charge is -2.44. The molecule has 0 bridgehead atoms. The molecule has 0 aliphatic carbocycles. The van der Waals surface area contributed by atoms with Crippen LogP contribution in [0.2, 0.25) is 0 Å². The number of non-ortho nitro benzene ring substituents is 1. The molecule has 1 N–H and O–H groups in total. The SMILES string of the molecule is CC(C)(C)OC(=O)NC1=N[C@]2(C)c3cc([N+](=O)[O-])ccc3OCCC2S(=O)(=O)C1(C)C. The first kappa shape index (κ1) is 23.0. The number of sulfone groups is 1. The van der Waals surface area contributed by atoms with Gasteiger partial charge in [-0.05, 0) is 47.6 Å². The van der Waals surface area contributed by atoms with Crippen molar-refractivity contribution in [2.45, 2.75) is 69.1 Å². The topological polar surface area (TPSA) is 137 Å². The van der Waals surface area contributed by atoms with E-state index in [1.54, 1.807) is 27.7 Å². The first-order valence-electron chi connectivity index (χ1n) is 9.85. The van der Waals surface area contributed by atoms with Gasteiger partial charge >= 0.3 is 6.09 Å². The van der Waals surface area contributed by atoms with Crippen LogP contribution in [0, 0.1) is 10.1 Å². The zero-order valence-corrected chi connectivity index (χ0v) is 19.2. The minimum atomic E-state index is -3.91. The van der Waals surface area contributed by atoms with Gasteiger partial charge in [0.2, 0.25) is 0 Å². The summed E-state index contributed by atoms with van der Waals surface area (Å²) in [5.41, 5.74) is -2.12. The monoisotopic (exact) mass is 453 g/mol. The van der Waals surface area contributed by atoms with E-state index in [1.165, 1.54) is 32.0 Å². The lowest BCUT2D eigenvalue weighted by atomic mass is 9.86. The van der Waals surface area contributed by atoms with Crippen LogP contribution in [-0.4, -0.2) is 47.5 Å². The zero-order chi connectivity index (χ0) is 23.4. The molecule has 2 aliphatic heterocycles. The fourth-order valence-corrected chi connectivity index (χ4v) is 6.18. The molecule has 1 unspecified atom stereocenters. The van der Waals surface area contributed by atoms with Gasteiger partial charge in [-0.3, -0.25) is 20.4 Å². The van der Waals surface area contributed by atoms with E-state index >= 15 is 0 Å². The summed E-state index contributed by atoms with van der Waals surface area (Å²) in [5.74, 6) is 0.241. The highest BCUT2D eigenvalue weighted by atomic mass is 32.2. The summed E-state index contributed by atoms with van der Waals surface area (Å²) in [4.78, 5) is 27.9. The Morgan fingerprint density at radius 2 is 1.97 bits per heavy atom. The first-order valence-corrected chi connectivity index (χ1v) is 11.4. The molecule has 31 heavy (non-hydrogen) atoms. The highest BCUT2D eigenvalue weighted by Crippen LogP contribution is 2.49. The standard InChI is InChI=1S/C20H27N3O7S/c1-18(2,3)30-17(24)21-16-19(4,5)31(27,28)15-9-10-29-14-8-7-12(23(25)26)11-13(14)20(15,6)22-16/h7-8,11,15H,9-10H2,1-6H3,(H,21,22,24)/t15?,20-/m1/s1. The Balaban J connectivity index is 2.22. The van der Waals surface area contributed by atoms with E-state index in [9.17, 15) is 23.3 Å². The molecule has 0 aromatic heterocycles. The van der Waals surface area contributed by atoms with Gasteiger partial charge in [-0.15, -0.1) is 0 Å². The third kappa shape index (κ3) is 3.86. The van der Waals surface area contributed by atoms with E-state index in [4.69, 9.17) is 9.47 Å². The van der Waals surface area contributed by atoms with Gasteiger partial charge in [0, 0.05) is 24.1 Å². The second-order valence-electron chi connectivity index (χ2n) is 9.35. The van der Waals surface area contributed by atoms with E-state index in [1.807, 2.05) is 0 Å². The lowest BCUT2D eigenvalue weighted by molar-refractivity contribution is -0.385. The van der Waals surface area contributed by atoms with E-state index in [-0.39, 0.29) is 30.1 Å². The molecule has 0 saturated carbocycles. The van der Waals surface area contributed by atoms with Gasteiger partial charge in [0.15, 0.2) is 9.84 Å². The van der Waals surface area contributed by atoms with E-state index < -0.39 is 42.0 Å². The Bertz CT molecular complexity index is 1070. The van der Waals surface area contributed by atoms with Crippen molar-refractivity contribution in [2.24, 2.45) is 4.99 Å². The second kappa shape index (κ2) is 7.18. The Kier molecular flexibility index (Phi) is 5.32. The zero-order valence-electron chi connectivity index (χ0n) is 18.4. The molecule has 170 valence electrons. The summed E-state index contributed by atoms with van der Waals surface area (Å²) in [5, 5.41) is 12.9. The molecule has 1 amide bonds. The number of carbonyl (C=O) groups excluding carboxylic acids is 1. The Hall–Kier alpha value is -2.69. The van der Waals surface area contributed by atoms with Gasteiger partial charge in [0.1, 0.15) is 27.5 Å². The van der Waals surface area contributed by atoms with Crippen LogP contribution in [0.5, 0.6) is 5.75 Å². The number of benzene rings is 1. The summed E-state index contributed by atoms with van der Waals surface area (Å²) < 4.78 is 36.8. The maximum absolute atomic E-state index is 13.7. The summed E-state index contributed by atoms with van der Waals surface area (Å²) in [6.45, 7) is 9.71. The van der Waals surface area contributed by atoms with Gasteiger partial charge in [0.05, 0.1) is 16.8 Å². The highest BCUT2D eigenvalue weighted by molar-refractivity contribution is 7.94. The predicted octanol–water partition coefficient (Wildman–Crippen LogP) is 3.09. The lowest BCUT2D eigenvalue weighted by Crippen LogP contribution is -2.61. The third-order valence-corrected chi connectivity index (χ3v) is 8.66. The molecule has 3 rings (SSSR count). The third-order valence-electron chi connectivity index (χ3n) is 5.60. The molecule has 1 aromatic carbocycles. The fraction of sp³-hybridized carbons (Fsp3) is 0.600. The number of hydrogen-bond acceptors (Lipinski definition) is 8. The maximum atomic E-state index is 13.7. The summed E-state index contributed by atoms with van der Waals surface area (Å²) in [7, 11) is -3.91. The van der Waals surface area contributed by atoms with Crippen LogP contribution in [0.1, 0.15) is 53.5 Å². The van der Waals surface area contributed by atoms with Gasteiger partial charge in [-0.25, -0.2) is 13.2 Å². The number of nitro benzene ring substituents is 1. The second-order valence-corrected chi connectivity index (χ2v) is 12.0. The number of carbonyl (C=O) groups is 1. The molecule has 0 fully saturated rings. The van der Waals surface area contributed by atoms with Gasteiger partial charge in [-0.2, -0.15) is 0 Å². The number of ether oxygens (including phenoxy) is 2. The molecule has 2 heterocycles. The Morgan fingerprint density at radius 3 is 2.55 bits per heavy atom. The van der Waals surface area contributed by atoms with Gasteiger partial charge in [-0.1, -0.05) is 0 Å². The molecular formula is C20H27N3O7S. The van der Waals surface area contributed by atoms with Gasteiger partial charge in [0.25, 0.3) is 5.69 Å². The summed E-state index contributed by atoms with van der Waals surface area (Å²) in [6, 6.07) is 4.04. The van der Waals surface area contributed by atoms with Crippen molar-refractivity contribution in [3.05, 3.63) is 33.9 Å². The van der Waals surface area contributed by atoms with E-state index in [2.05, 4.69) is 10.3 Å². The van der Waals surface area contributed by atoms with Crippen LogP contribution in [0.3, 0.4) is 0 Å². The number of amidine groups is 1. The van der Waals surface area contributed by atoms with Crippen LogP contribution < -0.4 is 10.1 Å². The smallest absolute Gasteiger partial charge is 0.413 e. The molecule has 10 nitrogen and oxygen atoms in total. The average Bonchev–Trinajstić information content (AvgIpc) is 2.75. The van der Waals surface area contributed by atoms with Crippen LogP contribution in [-0.2, 0) is 20.1 Å². The Morgan fingerprint density at radius 1 is 1.32 bits per heavy atom. The number of nitro groups is 1. The molecule has 0 spiro atoms. The number of nitrogens with one attached hydrogen (secondary N) is 1. The molecule has 2 aliphatic rings. The van der Waals surface area contributed by atoms with Crippen molar-refractivity contribution in [1.82, 2.24) is 5.32 Å². The fourth-order valence-electron chi connectivity index (χ4n) is 3.91. The predicted molar refractivity (Wildman–Crippen MR) is 114 cm³/mol. The van der Waals surface area contributed by atoms with Crippen LogP contribution in [0.4, 0.5) is 10.5 Å². The minimum Gasteiger partial charge on any atom is -0.493 e. The molecular weight excluding hydrogens is 426 g/mol. The molecule has 0 saturated heterocycles. The first-order chi connectivity index (χ1) is 14.1. The van der Waals surface area contributed by atoms with Crippen molar-refractivity contribution in [1.29, 1.82) is 0 Å². The van der Waals surface area contributed by atoms with Crippen LogP contribution in [0.15, 0.2) is 23.2 Å². The number of rotatable bonds is 1. The average molecular weight is 454 g/mol. The maximum Gasteiger partial charge on any atom is 0.413 e. The van der Waals surface area contributed by atoms with Crippen LogP contribution >= 0.6 is 0 Å². The van der Waals surface area contributed by atoms with Crippen molar-refractivity contribution in [3.8, 4) is 5.75 Å². The van der Waals surface area contributed by atoms with Crippen LogP contribution in [0.25, 0.3) is 0 Å². The van der Waals surface area contributed by atoms with Crippen molar-refractivity contribution >= 4 is 27.5 Å². The largest absolute Gasteiger partial charge is 0.493 e. The number of aliphatic imine (C=N–C) groups is 1. The molecule has 11 heteroatoms. The normalized spacial score (nSPS) is 26.3. The van der Waals surface area contributed by atoms with Gasteiger partial charge < -0.3 is 9.47 Å². The van der Waals surface area contributed by atoms with E-state index in [0.29, 0.717) is 5.75 Å².